The summed E-state index contributed by atoms with van der Waals surface area (Å²) in [7, 11) is 0. The fraction of sp³-hybridized carbons (Fsp3) is 0.409. The summed E-state index contributed by atoms with van der Waals surface area (Å²) < 4.78 is 1.47. The van der Waals surface area contributed by atoms with Crippen molar-refractivity contribution in [2.24, 2.45) is 0 Å². The molecule has 28 heavy (non-hydrogen) atoms. The van der Waals surface area contributed by atoms with E-state index in [0.717, 1.165) is 40.6 Å². The van der Waals surface area contributed by atoms with Gasteiger partial charge in [0.2, 0.25) is 5.91 Å². The van der Waals surface area contributed by atoms with Gasteiger partial charge in [-0.05, 0) is 51.2 Å². The smallest absolute Gasteiger partial charge is 0.262 e. The zero-order valence-electron chi connectivity index (χ0n) is 16.6. The van der Waals surface area contributed by atoms with E-state index < -0.39 is 0 Å². The van der Waals surface area contributed by atoms with Crippen molar-refractivity contribution < 1.29 is 4.79 Å². The maximum absolute atomic E-state index is 13.2. The molecule has 1 amide bonds. The fourth-order valence-electron chi connectivity index (χ4n) is 3.83. The summed E-state index contributed by atoms with van der Waals surface area (Å²) in [6.45, 7) is 6.58. The van der Waals surface area contributed by atoms with Gasteiger partial charge in [-0.1, -0.05) is 30.3 Å². The Morgan fingerprint density at radius 2 is 1.96 bits per heavy atom. The number of aryl methyl sites for hydroxylation is 2. The van der Waals surface area contributed by atoms with Gasteiger partial charge in [0.05, 0.1) is 11.7 Å². The second-order valence-electron chi connectivity index (χ2n) is 8.35. The number of aromatic nitrogens is 2. The van der Waals surface area contributed by atoms with Crippen LogP contribution in [0.3, 0.4) is 0 Å². The SMILES string of the molecule is CC(C)(C)N(Cc1ccccc1)C(=O)Cn1cnc2sc3c(c2c1=O)CCC3. The number of carbonyl (C=O) groups is 1. The highest BCUT2D eigenvalue weighted by Crippen LogP contribution is 2.34. The van der Waals surface area contributed by atoms with Gasteiger partial charge in [-0.25, -0.2) is 4.98 Å². The standard InChI is InChI=1S/C22H25N3O2S/c1-22(2,3)25(12-15-8-5-4-6-9-15)18(26)13-24-14-23-20-19(21(24)27)16-10-7-11-17(16)28-20/h4-6,8-9,14H,7,10-13H2,1-3H3. The molecule has 3 aromatic rings. The van der Waals surface area contributed by atoms with Crippen LogP contribution in [0.2, 0.25) is 0 Å². The van der Waals surface area contributed by atoms with E-state index in [0.29, 0.717) is 6.54 Å². The molecule has 0 atom stereocenters. The lowest BCUT2D eigenvalue weighted by atomic mass is 10.0. The zero-order chi connectivity index (χ0) is 19.9. The largest absolute Gasteiger partial charge is 0.332 e. The van der Waals surface area contributed by atoms with Crippen LogP contribution in [0.15, 0.2) is 41.5 Å². The van der Waals surface area contributed by atoms with Crippen molar-refractivity contribution in [3.05, 3.63) is 63.0 Å². The Morgan fingerprint density at radius 3 is 2.68 bits per heavy atom. The van der Waals surface area contributed by atoms with Gasteiger partial charge < -0.3 is 4.90 Å². The summed E-state index contributed by atoms with van der Waals surface area (Å²) in [5, 5.41) is 0.721. The second kappa shape index (κ2) is 7.17. The van der Waals surface area contributed by atoms with Crippen LogP contribution in [0.25, 0.3) is 10.2 Å². The van der Waals surface area contributed by atoms with Crippen molar-refractivity contribution in [2.45, 2.75) is 58.7 Å². The molecule has 1 aliphatic carbocycles. The third-order valence-electron chi connectivity index (χ3n) is 5.29. The Morgan fingerprint density at radius 1 is 1.21 bits per heavy atom. The van der Waals surface area contributed by atoms with Crippen LogP contribution >= 0.6 is 11.3 Å². The quantitative estimate of drug-likeness (QED) is 0.676. The Balaban J connectivity index is 1.64. The van der Waals surface area contributed by atoms with Gasteiger partial charge in [-0.15, -0.1) is 11.3 Å². The Hall–Kier alpha value is -2.47. The van der Waals surface area contributed by atoms with Gasteiger partial charge in [0.1, 0.15) is 11.4 Å². The van der Waals surface area contributed by atoms with E-state index in [1.807, 2.05) is 56.0 Å². The number of hydrogen-bond acceptors (Lipinski definition) is 4. The molecule has 0 saturated heterocycles. The van der Waals surface area contributed by atoms with Crippen LogP contribution in [0.1, 0.15) is 43.2 Å². The Labute approximate surface area is 168 Å². The first-order valence-electron chi connectivity index (χ1n) is 9.68. The zero-order valence-corrected chi connectivity index (χ0v) is 17.4. The number of benzene rings is 1. The van der Waals surface area contributed by atoms with E-state index in [1.54, 1.807) is 11.3 Å². The van der Waals surface area contributed by atoms with Gasteiger partial charge in [0.25, 0.3) is 5.56 Å². The van der Waals surface area contributed by atoms with Crippen molar-refractivity contribution in [2.75, 3.05) is 0 Å². The monoisotopic (exact) mass is 395 g/mol. The van der Waals surface area contributed by atoms with Crippen molar-refractivity contribution in [3.8, 4) is 0 Å². The van der Waals surface area contributed by atoms with Crippen molar-refractivity contribution >= 4 is 27.5 Å². The Bertz CT molecular complexity index is 1080. The molecule has 2 aromatic heterocycles. The number of rotatable bonds is 4. The fourth-order valence-corrected chi connectivity index (χ4v) is 5.05. The molecule has 0 radical (unpaired) electrons. The van der Waals surface area contributed by atoms with E-state index in [2.05, 4.69) is 4.98 Å². The number of thiophene rings is 1. The topological polar surface area (TPSA) is 55.2 Å². The molecule has 0 unspecified atom stereocenters. The summed E-state index contributed by atoms with van der Waals surface area (Å²) >= 11 is 1.62. The van der Waals surface area contributed by atoms with Crippen LogP contribution in [0.5, 0.6) is 0 Å². The molecule has 0 saturated carbocycles. The van der Waals surface area contributed by atoms with E-state index in [-0.39, 0.29) is 23.6 Å². The lowest BCUT2D eigenvalue weighted by Gasteiger charge is -2.36. The first-order chi connectivity index (χ1) is 13.3. The maximum Gasteiger partial charge on any atom is 0.262 e. The third kappa shape index (κ3) is 3.49. The van der Waals surface area contributed by atoms with Crippen molar-refractivity contribution in [1.82, 2.24) is 14.5 Å². The molecule has 1 aliphatic rings. The van der Waals surface area contributed by atoms with Crippen LogP contribution in [0.4, 0.5) is 0 Å². The van der Waals surface area contributed by atoms with E-state index in [1.165, 1.54) is 15.8 Å². The minimum absolute atomic E-state index is 0.0104. The molecular weight excluding hydrogens is 370 g/mol. The molecule has 0 aliphatic heterocycles. The molecule has 2 heterocycles. The first-order valence-corrected chi connectivity index (χ1v) is 10.5. The van der Waals surface area contributed by atoms with E-state index in [4.69, 9.17) is 0 Å². The van der Waals surface area contributed by atoms with E-state index >= 15 is 0 Å². The summed E-state index contributed by atoms with van der Waals surface area (Å²) in [5.41, 5.74) is 1.78. The molecule has 0 fully saturated rings. The summed E-state index contributed by atoms with van der Waals surface area (Å²) in [5.74, 6) is -0.0773. The number of fused-ring (bicyclic) bond motifs is 3. The summed E-state index contributed by atoms with van der Waals surface area (Å²) in [4.78, 5) is 34.6. The molecule has 0 spiro atoms. The highest BCUT2D eigenvalue weighted by molar-refractivity contribution is 7.18. The minimum Gasteiger partial charge on any atom is -0.332 e. The molecule has 5 nitrogen and oxygen atoms in total. The number of amides is 1. The van der Waals surface area contributed by atoms with Gasteiger partial charge in [-0.2, -0.15) is 0 Å². The molecule has 6 heteroatoms. The first kappa shape index (κ1) is 18.9. The van der Waals surface area contributed by atoms with Crippen LogP contribution in [0, 0.1) is 0 Å². The van der Waals surface area contributed by atoms with Crippen molar-refractivity contribution in [3.63, 3.8) is 0 Å². The van der Waals surface area contributed by atoms with Crippen LogP contribution in [-0.4, -0.2) is 25.9 Å². The molecule has 1 aromatic carbocycles. The lowest BCUT2D eigenvalue weighted by molar-refractivity contribution is -0.137. The number of nitrogens with zero attached hydrogens (tertiary/aromatic N) is 3. The van der Waals surface area contributed by atoms with Gasteiger partial charge in [-0.3, -0.25) is 14.2 Å². The molecule has 0 N–H and O–H groups in total. The van der Waals surface area contributed by atoms with Gasteiger partial charge in [0.15, 0.2) is 0 Å². The lowest BCUT2D eigenvalue weighted by Crippen LogP contribution is -2.47. The average molecular weight is 396 g/mol. The number of hydrogen-bond donors (Lipinski definition) is 0. The molecule has 4 rings (SSSR count). The summed E-state index contributed by atoms with van der Waals surface area (Å²) in [6, 6.07) is 9.94. The summed E-state index contributed by atoms with van der Waals surface area (Å²) in [6.07, 6.45) is 4.59. The van der Waals surface area contributed by atoms with E-state index in [9.17, 15) is 9.59 Å². The Kier molecular flexibility index (Phi) is 4.83. The molecular formula is C22H25N3O2S. The average Bonchev–Trinajstić information content (AvgIpc) is 3.23. The predicted molar refractivity (Wildman–Crippen MR) is 113 cm³/mol. The second-order valence-corrected chi connectivity index (χ2v) is 9.44. The minimum atomic E-state index is -0.350. The van der Waals surface area contributed by atoms with Crippen molar-refractivity contribution in [1.29, 1.82) is 0 Å². The van der Waals surface area contributed by atoms with Gasteiger partial charge >= 0.3 is 0 Å². The third-order valence-corrected chi connectivity index (χ3v) is 6.49. The van der Waals surface area contributed by atoms with Gasteiger partial charge in [0, 0.05) is 17.0 Å². The molecule has 146 valence electrons. The molecule has 0 bridgehead atoms. The van der Waals surface area contributed by atoms with Crippen LogP contribution in [-0.2, 0) is 30.7 Å². The number of carbonyl (C=O) groups excluding carboxylic acids is 1. The maximum atomic E-state index is 13.2. The normalized spacial score (nSPS) is 13.7. The highest BCUT2D eigenvalue weighted by Gasteiger charge is 2.28. The van der Waals surface area contributed by atoms with Crippen LogP contribution < -0.4 is 5.56 Å². The highest BCUT2D eigenvalue weighted by atomic mass is 32.1. The predicted octanol–water partition coefficient (Wildman–Crippen LogP) is 3.77.